The highest BCUT2D eigenvalue weighted by molar-refractivity contribution is 5.88. The lowest BCUT2D eigenvalue weighted by molar-refractivity contribution is 0.322. The molecule has 0 fully saturated rings. The van der Waals surface area contributed by atoms with Crippen LogP contribution in [0.4, 0.5) is 22.9 Å². The van der Waals surface area contributed by atoms with Crippen molar-refractivity contribution in [1.29, 1.82) is 0 Å². The predicted octanol–water partition coefficient (Wildman–Crippen LogP) is 6.47. The van der Waals surface area contributed by atoms with E-state index < -0.39 is 0 Å². The third kappa shape index (κ3) is 2.25. The molecule has 142 valence electrons. The van der Waals surface area contributed by atoms with Crippen LogP contribution in [-0.2, 0) is 5.41 Å². The SMILES string of the molecule is CCC1(CC)CC2N(c3ccccc31)c1cccnc1N2c1ccccc1C. The first-order valence-electron chi connectivity index (χ1n) is 10.4. The summed E-state index contributed by atoms with van der Waals surface area (Å²) < 4.78 is 0. The van der Waals surface area contributed by atoms with Crippen LogP contribution in [0.1, 0.15) is 44.2 Å². The van der Waals surface area contributed by atoms with E-state index in [1.54, 1.807) is 0 Å². The normalized spacial score (nSPS) is 19.2. The Labute approximate surface area is 167 Å². The summed E-state index contributed by atoms with van der Waals surface area (Å²) in [6.07, 6.45) is 5.57. The molecular weight excluding hydrogens is 342 g/mol. The molecule has 0 saturated heterocycles. The lowest BCUT2D eigenvalue weighted by Gasteiger charge is -2.47. The molecule has 0 spiro atoms. The van der Waals surface area contributed by atoms with Gasteiger partial charge in [-0.1, -0.05) is 50.2 Å². The quantitative estimate of drug-likeness (QED) is 0.527. The number of para-hydroxylation sites is 2. The maximum absolute atomic E-state index is 4.84. The van der Waals surface area contributed by atoms with Crippen LogP contribution in [0.2, 0.25) is 0 Å². The Morgan fingerprint density at radius 3 is 2.29 bits per heavy atom. The minimum Gasteiger partial charge on any atom is -0.317 e. The van der Waals surface area contributed by atoms with Gasteiger partial charge in [-0.3, -0.25) is 0 Å². The molecule has 1 atom stereocenters. The zero-order valence-electron chi connectivity index (χ0n) is 16.9. The molecule has 1 aromatic heterocycles. The summed E-state index contributed by atoms with van der Waals surface area (Å²) >= 11 is 0. The van der Waals surface area contributed by atoms with Gasteiger partial charge in [-0.25, -0.2) is 4.98 Å². The average Bonchev–Trinajstić information content (AvgIpc) is 3.07. The number of rotatable bonds is 3. The van der Waals surface area contributed by atoms with Crippen molar-refractivity contribution >= 4 is 22.9 Å². The fourth-order valence-electron chi connectivity index (χ4n) is 5.27. The second-order valence-corrected chi connectivity index (χ2v) is 8.06. The molecule has 0 bridgehead atoms. The van der Waals surface area contributed by atoms with Crippen molar-refractivity contribution in [2.24, 2.45) is 0 Å². The molecule has 0 N–H and O–H groups in total. The molecule has 3 heteroatoms. The van der Waals surface area contributed by atoms with Gasteiger partial charge in [0, 0.05) is 23.0 Å². The Morgan fingerprint density at radius 2 is 1.54 bits per heavy atom. The van der Waals surface area contributed by atoms with Crippen LogP contribution in [0.15, 0.2) is 66.9 Å². The first-order valence-corrected chi connectivity index (χ1v) is 10.4. The highest BCUT2D eigenvalue weighted by Gasteiger charge is 2.49. The van der Waals surface area contributed by atoms with E-state index >= 15 is 0 Å². The number of fused-ring (bicyclic) bond motifs is 5. The minimum atomic E-state index is 0.195. The summed E-state index contributed by atoms with van der Waals surface area (Å²) in [5, 5.41) is 0. The Balaban J connectivity index is 1.77. The molecule has 0 aliphatic carbocycles. The number of hydrogen-bond donors (Lipinski definition) is 0. The van der Waals surface area contributed by atoms with E-state index in [0.717, 1.165) is 25.1 Å². The highest BCUT2D eigenvalue weighted by atomic mass is 15.5. The van der Waals surface area contributed by atoms with E-state index in [1.807, 2.05) is 6.20 Å². The number of pyridine rings is 1. The van der Waals surface area contributed by atoms with Crippen molar-refractivity contribution in [3.8, 4) is 0 Å². The van der Waals surface area contributed by atoms with Crippen molar-refractivity contribution in [3.63, 3.8) is 0 Å². The molecule has 3 aromatic rings. The van der Waals surface area contributed by atoms with Crippen LogP contribution in [0.25, 0.3) is 0 Å². The van der Waals surface area contributed by atoms with Gasteiger partial charge < -0.3 is 9.80 Å². The first-order chi connectivity index (χ1) is 13.7. The van der Waals surface area contributed by atoms with Crippen molar-refractivity contribution in [2.45, 2.75) is 51.6 Å². The maximum Gasteiger partial charge on any atom is 0.158 e. The van der Waals surface area contributed by atoms with Crippen LogP contribution in [0.5, 0.6) is 0 Å². The zero-order valence-corrected chi connectivity index (χ0v) is 16.9. The molecule has 3 heterocycles. The predicted molar refractivity (Wildman–Crippen MR) is 117 cm³/mol. The molecule has 28 heavy (non-hydrogen) atoms. The summed E-state index contributed by atoms with van der Waals surface area (Å²) in [7, 11) is 0. The van der Waals surface area contributed by atoms with E-state index in [2.05, 4.69) is 91.2 Å². The molecule has 1 unspecified atom stereocenters. The standard InChI is InChI=1S/C25H27N3/c1-4-25(5-2)17-23-27(21-14-9-7-12-19(21)25)22-15-10-16-26-24(22)28(23)20-13-8-6-11-18(20)3/h6-16,23H,4-5,17H2,1-3H3. The van der Waals surface area contributed by atoms with E-state index in [-0.39, 0.29) is 11.6 Å². The fraction of sp³-hybridized carbons (Fsp3) is 0.320. The van der Waals surface area contributed by atoms with Crippen molar-refractivity contribution in [2.75, 3.05) is 9.80 Å². The van der Waals surface area contributed by atoms with E-state index in [0.29, 0.717) is 0 Å². The van der Waals surface area contributed by atoms with Gasteiger partial charge >= 0.3 is 0 Å². The van der Waals surface area contributed by atoms with Crippen LogP contribution in [0, 0.1) is 6.92 Å². The molecule has 0 amide bonds. The second-order valence-electron chi connectivity index (χ2n) is 8.06. The number of anilines is 4. The van der Waals surface area contributed by atoms with Gasteiger partial charge in [0.15, 0.2) is 5.82 Å². The van der Waals surface area contributed by atoms with Crippen molar-refractivity contribution in [3.05, 3.63) is 78.0 Å². The molecule has 5 rings (SSSR count). The smallest absolute Gasteiger partial charge is 0.158 e. The minimum absolute atomic E-state index is 0.195. The van der Waals surface area contributed by atoms with Crippen molar-refractivity contribution in [1.82, 2.24) is 4.98 Å². The number of hydrogen-bond acceptors (Lipinski definition) is 3. The van der Waals surface area contributed by atoms with Crippen LogP contribution in [0.3, 0.4) is 0 Å². The molecule has 2 aromatic carbocycles. The third-order valence-electron chi connectivity index (χ3n) is 6.89. The van der Waals surface area contributed by atoms with Gasteiger partial charge in [0.05, 0.1) is 5.69 Å². The summed E-state index contributed by atoms with van der Waals surface area (Å²) in [5.74, 6) is 1.07. The van der Waals surface area contributed by atoms with Gasteiger partial charge in [-0.05, 0) is 61.6 Å². The Hall–Kier alpha value is -2.81. The molecule has 0 saturated carbocycles. The Morgan fingerprint density at radius 1 is 0.857 bits per heavy atom. The largest absolute Gasteiger partial charge is 0.317 e. The molecular formula is C25H27N3. The van der Waals surface area contributed by atoms with Gasteiger partial charge in [0.1, 0.15) is 6.17 Å². The maximum atomic E-state index is 4.84. The third-order valence-corrected chi connectivity index (χ3v) is 6.89. The second kappa shape index (κ2) is 6.37. The zero-order chi connectivity index (χ0) is 19.3. The first kappa shape index (κ1) is 17.3. The van der Waals surface area contributed by atoms with Crippen LogP contribution in [-0.4, -0.2) is 11.1 Å². The molecule has 0 radical (unpaired) electrons. The summed E-state index contributed by atoms with van der Waals surface area (Å²) in [6, 6.07) is 22.0. The molecule has 2 aliphatic rings. The fourth-order valence-corrected chi connectivity index (χ4v) is 5.27. The molecule has 3 nitrogen and oxygen atoms in total. The van der Waals surface area contributed by atoms with Crippen LogP contribution < -0.4 is 9.80 Å². The summed E-state index contributed by atoms with van der Waals surface area (Å²) in [6.45, 7) is 6.88. The van der Waals surface area contributed by atoms with Gasteiger partial charge in [0.25, 0.3) is 0 Å². The Kier molecular flexibility index (Phi) is 3.94. The van der Waals surface area contributed by atoms with Gasteiger partial charge in [0.2, 0.25) is 0 Å². The van der Waals surface area contributed by atoms with E-state index in [4.69, 9.17) is 4.98 Å². The highest BCUT2D eigenvalue weighted by Crippen LogP contribution is 2.56. The Bertz CT molecular complexity index is 1020. The number of aryl methyl sites for hydroxylation is 1. The summed E-state index contributed by atoms with van der Waals surface area (Å²) in [4.78, 5) is 9.83. The van der Waals surface area contributed by atoms with Gasteiger partial charge in [-0.15, -0.1) is 0 Å². The van der Waals surface area contributed by atoms with Gasteiger partial charge in [-0.2, -0.15) is 0 Å². The number of benzene rings is 2. The lowest BCUT2D eigenvalue weighted by Crippen LogP contribution is -2.48. The number of aromatic nitrogens is 1. The van der Waals surface area contributed by atoms with E-state index in [9.17, 15) is 0 Å². The number of nitrogens with zero attached hydrogens (tertiary/aromatic N) is 3. The van der Waals surface area contributed by atoms with Crippen LogP contribution >= 0.6 is 0 Å². The van der Waals surface area contributed by atoms with E-state index in [1.165, 1.54) is 28.2 Å². The molecule has 2 aliphatic heterocycles. The van der Waals surface area contributed by atoms with Crippen molar-refractivity contribution < 1.29 is 0 Å². The summed E-state index contributed by atoms with van der Waals surface area (Å²) in [5.41, 5.74) is 6.78. The topological polar surface area (TPSA) is 19.4 Å². The lowest BCUT2D eigenvalue weighted by atomic mass is 9.69. The monoisotopic (exact) mass is 369 g/mol. The average molecular weight is 370 g/mol.